The number of anilines is 1. The normalized spacial score (nSPS) is 18.3. The van der Waals surface area contributed by atoms with Crippen molar-refractivity contribution in [3.8, 4) is 0 Å². The van der Waals surface area contributed by atoms with E-state index in [0.717, 1.165) is 31.7 Å². The smallest absolute Gasteiger partial charge is 0.281 e. The maximum atomic E-state index is 13.2. The highest BCUT2D eigenvalue weighted by Gasteiger charge is 2.27. The third-order valence-electron chi connectivity index (χ3n) is 6.48. The van der Waals surface area contributed by atoms with E-state index in [1.807, 2.05) is 5.01 Å². The van der Waals surface area contributed by atoms with Gasteiger partial charge in [-0.25, -0.2) is 9.40 Å². The van der Waals surface area contributed by atoms with Gasteiger partial charge in [-0.3, -0.25) is 20.5 Å². The van der Waals surface area contributed by atoms with Gasteiger partial charge in [0.25, 0.3) is 5.91 Å². The van der Waals surface area contributed by atoms with Crippen molar-refractivity contribution >= 4 is 40.5 Å². The molecule has 0 aromatic heterocycles. The lowest BCUT2D eigenvalue weighted by Crippen LogP contribution is -2.56. The minimum atomic E-state index is -0.286. The SMILES string of the molecule is O=C(NN1CCN(C2CCCC2)CC1)/C(CCc1ccc(F)cc1)=N/Nc1ccc(Cl)cc1Cl. The van der Waals surface area contributed by atoms with Crippen LogP contribution >= 0.6 is 23.2 Å². The minimum absolute atomic E-state index is 0.256. The number of nitrogens with zero attached hydrogens (tertiary/aromatic N) is 3. The number of halogens is 3. The van der Waals surface area contributed by atoms with E-state index in [0.29, 0.717) is 40.3 Å². The van der Waals surface area contributed by atoms with E-state index < -0.39 is 0 Å². The Bertz CT molecular complexity index is 1000. The van der Waals surface area contributed by atoms with Crippen molar-refractivity contribution in [3.63, 3.8) is 0 Å². The molecule has 1 amide bonds. The molecular formula is C25H30Cl2FN5O. The highest BCUT2D eigenvalue weighted by Crippen LogP contribution is 2.26. The summed E-state index contributed by atoms with van der Waals surface area (Å²) in [4.78, 5) is 15.7. The molecule has 2 fully saturated rings. The van der Waals surface area contributed by atoms with Crippen LogP contribution in [0, 0.1) is 5.82 Å². The van der Waals surface area contributed by atoms with Crippen LogP contribution in [0.15, 0.2) is 47.6 Å². The molecule has 4 rings (SSSR count). The van der Waals surface area contributed by atoms with E-state index in [1.54, 1.807) is 30.3 Å². The van der Waals surface area contributed by atoms with Gasteiger partial charge in [0.05, 0.1) is 10.7 Å². The highest BCUT2D eigenvalue weighted by atomic mass is 35.5. The first-order valence-electron chi connectivity index (χ1n) is 11.8. The number of piperazine rings is 1. The minimum Gasteiger partial charge on any atom is -0.298 e. The molecule has 2 aromatic rings. The van der Waals surface area contributed by atoms with Crippen molar-refractivity contribution in [1.29, 1.82) is 0 Å². The van der Waals surface area contributed by atoms with Crippen LogP contribution in [0.5, 0.6) is 0 Å². The monoisotopic (exact) mass is 505 g/mol. The number of nitrogens with one attached hydrogen (secondary N) is 2. The van der Waals surface area contributed by atoms with Crippen LogP contribution in [-0.2, 0) is 11.2 Å². The number of carbonyl (C=O) groups is 1. The molecule has 0 radical (unpaired) electrons. The predicted molar refractivity (Wildman–Crippen MR) is 136 cm³/mol. The molecule has 1 heterocycles. The lowest BCUT2D eigenvalue weighted by atomic mass is 10.1. The second-order valence-corrected chi connectivity index (χ2v) is 9.67. The van der Waals surface area contributed by atoms with Gasteiger partial charge >= 0.3 is 0 Å². The van der Waals surface area contributed by atoms with Crippen molar-refractivity contribution < 1.29 is 9.18 Å². The van der Waals surface area contributed by atoms with Gasteiger partial charge < -0.3 is 0 Å². The summed E-state index contributed by atoms with van der Waals surface area (Å²) in [5.41, 5.74) is 7.74. The van der Waals surface area contributed by atoms with Gasteiger partial charge in [0.15, 0.2) is 0 Å². The average molecular weight is 506 g/mol. The van der Waals surface area contributed by atoms with Crippen LogP contribution in [0.2, 0.25) is 10.0 Å². The number of carbonyl (C=O) groups excluding carboxylic acids is 1. The first-order chi connectivity index (χ1) is 16.5. The second kappa shape index (κ2) is 12.0. The zero-order chi connectivity index (χ0) is 23.9. The lowest BCUT2D eigenvalue weighted by molar-refractivity contribution is -0.120. The second-order valence-electron chi connectivity index (χ2n) is 8.82. The molecule has 182 valence electrons. The molecular weight excluding hydrogens is 476 g/mol. The summed E-state index contributed by atoms with van der Waals surface area (Å²) < 4.78 is 13.2. The largest absolute Gasteiger partial charge is 0.298 e. The number of hydrogen-bond acceptors (Lipinski definition) is 5. The predicted octanol–water partition coefficient (Wildman–Crippen LogP) is 5.12. The number of rotatable bonds is 8. The molecule has 1 saturated heterocycles. The fourth-order valence-corrected chi connectivity index (χ4v) is 4.97. The molecule has 6 nitrogen and oxygen atoms in total. The van der Waals surface area contributed by atoms with Crippen molar-refractivity contribution in [2.75, 3.05) is 31.6 Å². The van der Waals surface area contributed by atoms with Gasteiger partial charge in [-0.05, 0) is 55.2 Å². The zero-order valence-electron chi connectivity index (χ0n) is 19.1. The average Bonchev–Trinajstić information content (AvgIpc) is 3.37. The quantitative estimate of drug-likeness (QED) is 0.385. The zero-order valence-corrected chi connectivity index (χ0v) is 20.6. The van der Waals surface area contributed by atoms with Crippen LogP contribution in [0.4, 0.5) is 10.1 Å². The molecule has 2 aliphatic rings. The number of hydrazine groups is 1. The van der Waals surface area contributed by atoms with Crippen LogP contribution < -0.4 is 10.9 Å². The summed E-state index contributed by atoms with van der Waals surface area (Å²) in [6, 6.07) is 12.0. The van der Waals surface area contributed by atoms with Gasteiger partial charge in [-0.1, -0.05) is 48.2 Å². The lowest BCUT2D eigenvalue weighted by Gasteiger charge is -2.37. The van der Waals surface area contributed by atoms with Crippen LogP contribution in [-0.4, -0.2) is 53.7 Å². The number of benzene rings is 2. The standard InChI is InChI=1S/C25H30Cl2FN5O/c26-19-8-12-23(22(27)17-19)29-30-24(11-7-18-5-9-20(28)10-6-18)25(34)31-33-15-13-32(14-16-33)21-3-1-2-4-21/h5-6,8-10,12,17,21,29H,1-4,7,11,13-16H2,(H,31,34)/b30-24+. The Balaban J connectivity index is 1.39. The van der Waals surface area contributed by atoms with E-state index in [2.05, 4.69) is 20.9 Å². The van der Waals surface area contributed by atoms with Gasteiger partial charge in [-0.15, -0.1) is 0 Å². The third kappa shape index (κ3) is 6.92. The molecule has 2 aromatic carbocycles. The summed E-state index contributed by atoms with van der Waals surface area (Å²) in [7, 11) is 0. The Kier molecular flexibility index (Phi) is 8.78. The number of amides is 1. The molecule has 0 spiro atoms. The summed E-state index contributed by atoms with van der Waals surface area (Å²) in [5.74, 6) is -0.541. The Labute approximate surface area is 210 Å². The fourth-order valence-electron chi connectivity index (χ4n) is 4.52. The van der Waals surface area contributed by atoms with Gasteiger partial charge in [0, 0.05) is 43.7 Å². The fraction of sp³-hybridized carbons (Fsp3) is 0.440. The van der Waals surface area contributed by atoms with E-state index in [4.69, 9.17) is 23.2 Å². The molecule has 0 atom stereocenters. The van der Waals surface area contributed by atoms with Gasteiger partial charge in [0.1, 0.15) is 11.5 Å². The van der Waals surface area contributed by atoms with Crippen LogP contribution in [0.1, 0.15) is 37.7 Å². The third-order valence-corrected chi connectivity index (χ3v) is 7.03. The van der Waals surface area contributed by atoms with Crippen molar-refractivity contribution in [2.24, 2.45) is 5.10 Å². The van der Waals surface area contributed by atoms with E-state index in [-0.39, 0.29) is 11.7 Å². The molecule has 1 saturated carbocycles. The van der Waals surface area contributed by atoms with Crippen molar-refractivity contribution in [3.05, 3.63) is 63.9 Å². The number of hydrazone groups is 1. The topological polar surface area (TPSA) is 60.0 Å². The van der Waals surface area contributed by atoms with E-state index >= 15 is 0 Å². The molecule has 34 heavy (non-hydrogen) atoms. The molecule has 1 aliphatic carbocycles. The van der Waals surface area contributed by atoms with Crippen LogP contribution in [0.25, 0.3) is 0 Å². The Morgan fingerprint density at radius 3 is 2.41 bits per heavy atom. The van der Waals surface area contributed by atoms with Crippen LogP contribution in [0.3, 0.4) is 0 Å². The van der Waals surface area contributed by atoms with Gasteiger partial charge in [0.2, 0.25) is 0 Å². The summed E-state index contributed by atoms with van der Waals surface area (Å²) in [6.45, 7) is 3.46. The maximum absolute atomic E-state index is 13.2. The first-order valence-corrected chi connectivity index (χ1v) is 12.6. The first kappa shape index (κ1) is 24.9. The molecule has 9 heteroatoms. The molecule has 1 aliphatic heterocycles. The van der Waals surface area contributed by atoms with Crippen molar-refractivity contribution in [1.82, 2.24) is 15.3 Å². The van der Waals surface area contributed by atoms with Crippen molar-refractivity contribution in [2.45, 2.75) is 44.6 Å². The van der Waals surface area contributed by atoms with E-state index in [1.165, 1.54) is 37.8 Å². The maximum Gasteiger partial charge on any atom is 0.281 e. The summed E-state index contributed by atoms with van der Waals surface area (Å²) in [6.07, 6.45) is 6.15. The summed E-state index contributed by atoms with van der Waals surface area (Å²) in [5, 5.41) is 7.28. The number of hydrogen-bond donors (Lipinski definition) is 2. The van der Waals surface area contributed by atoms with E-state index in [9.17, 15) is 9.18 Å². The summed E-state index contributed by atoms with van der Waals surface area (Å²) >= 11 is 12.2. The Morgan fingerprint density at radius 2 is 1.74 bits per heavy atom. The Morgan fingerprint density at radius 1 is 1.03 bits per heavy atom. The highest BCUT2D eigenvalue weighted by molar-refractivity contribution is 6.39. The number of aryl methyl sites for hydroxylation is 1. The molecule has 2 N–H and O–H groups in total. The Hall–Kier alpha value is -2.19. The molecule has 0 unspecified atom stereocenters. The molecule has 0 bridgehead atoms. The van der Waals surface area contributed by atoms with Gasteiger partial charge in [-0.2, -0.15) is 5.10 Å².